The molecule has 9 heteroatoms. The maximum absolute atomic E-state index is 11.2. The van der Waals surface area contributed by atoms with E-state index in [0.717, 1.165) is 0 Å². The molecule has 0 N–H and O–H groups in total. The molecule has 0 spiro atoms. The van der Waals surface area contributed by atoms with Gasteiger partial charge in [0.05, 0.1) is 10.0 Å². The molecule has 14 heavy (non-hydrogen) atoms. The first-order valence-corrected chi connectivity index (χ1v) is 5.51. The third-order valence-corrected chi connectivity index (χ3v) is 3.82. The molecular formula is C5Cl4NO3S-. The minimum atomic E-state index is -2.84. The average Bonchev–Trinajstić information content (AvgIpc) is 2.11. The van der Waals surface area contributed by atoms with E-state index in [2.05, 4.69) is 0 Å². The Morgan fingerprint density at radius 1 is 1.00 bits per heavy atom. The van der Waals surface area contributed by atoms with E-state index in [0.29, 0.717) is 0 Å². The lowest BCUT2D eigenvalue weighted by molar-refractivity contribution is 0.623. The van der Waals surface area contributed by atoms with Gasteiger partial charge in [0.1, 0.15) is 10.2 Å². The van der Waals surface area contributed by atoms with Gasteiger partial charge in [0, 0.05) is 0 Å². The van der Waals surface area contributed by atoms with Gasteiger partial charge in [-0.2, -0.15) is 8.42 Å². The van der Waals surface area contributed by atoms with Crippen LogP contribution in [0.25, 0.3) is 0 Å². The summed E-state index contributed by atoms with van der Waals surface area (Å²) in [5, 5.41) is 9.61. The van der Waals surface area contributed by atoms with Gasteiger partial charge in [0.25, 0.3) is 0 Å². The maximum atomic E-state index is 11.2. The highest BCUT2D eigenvalue weighted by Gasteiger charge is 2.12. The zero-order chi connectivity index (χ0) is 11.0. The van der Waals surface area contributed by atoms with Gasteiger partial charge in [-0.15, -0.1) is 0 Å². The van der Waals surface area contributed by atoms with Crippen molar-refractivity contribution in [3.05, 3.63) is 30.1 Å². The molecule has 1 aromatic heterocycles. The largest absolute Gasteiger partial charge is 0.804 e. The van der Waals surface area contributed by atoms with Gasteiger partial charge in [-0.1, -0.05) is 46.4 Å². The smallest absolute Gasteiger partial charge is 0.239 e. The summed E-state index contributed by atoms with van der Waals surface area (Å²) in [4.78, 5) is 0. The van der Waals surface area contributed by atoms with Gasteiger partial charge in [-0.3, -0.25) is 0 Å². The molecule has 0 aromatic carbocycles. The lowest BCUT2D eigenvalue weighted by Gasteiger charge is -2.15. The van der Waals surface area contributed by atoms with E-state index in [9.17, 15) is 13.6 Å². The van der Waals surface area contributed by atoms with E-state index in [1.165, 1.54) is 0 Å². The lowest BCUT2D eigenvalue weighted by Crippen LogP contribution is -1.97. The van der Waals surface area contributed by atoms with Gasteiger partial charge >= 0.3 is 0 Å². The molecule has 1 heterocycles. The molecule has 0 aliphatic heterocycles. The summed E-state index contributed by atoms with van der Waals surface area (Å²) < 4.78 is 20.3. The number of halogens is 4. The molecule has 0 aliphatic rings. The zero-order valence-corrected chi connectivity index (χ0v) is 9.93. The lowest BCUT2D eigenvalue weighted by atomic mass is 10.5. The fourth-order valence-corrected chi connectivity index (χ4v) is 2.26. The van der Waals surface area contributed by atoms with Crippen molar-refractivity contribution >= 4 is 56.7 Å². The molecule has 0 amide bonds. The molecule has 4 nitrogen and oxygen atoms in total. The van der Waals surface area contributed by atoms with Crippen molar-refractivity contribution in [1.82, 2.24) is 4.73 Å². The minimum Gasteiger partial charge on any atom is -0.804 e. The van der Waals surface area contributed by atoms with Crippen LogP contribution in [0.2, 0.25) is 20.2 Å². The molecule has 0 unspecified atom stereocenters. The first-order valence-electron chi connectivity index (χ1n) is 2.92. The number of rotatable bonds is 0. The van der Waals surface area contributed by atoms with Crippen LogP contribution in [0, 0.1) is 9.85 Å². The molecule has 0 bridgehead atoms. The first kappa shape index (κ1) is 12.0. The van der Waals surface area contributed by atoms with Crippen LogP contribution in [0.4, 0.5) is 0 Å². The van der Waals surface area contributed by atoms with Gasteiger partial charge in [-0.25, -0.2) is 0 Å². The van der Waals surface area contributed by atoms with Crippen molar-refractivity contribution in [2.45, 2.75) is 0 Å². The molecule has 0 saturated carbocycles. The average molecular weight is 296 g/mol. The van der Waals surface area contributed by atoms with Gasteiger partial charge < -0.3 is 9.94 Å². The molecule has 0 atom stereocenters. The molecular weight excluding hydrogens is 296 g/mol. The second-order valence-corrected chi connectivity index (χ2v) is 4.42. The molecule has 0 saturated heterocycles. The third kappa shape index (κ3) is 1.83. The van der Waals surface area contributed by atoms with E-state index in [1.807, 2.05) is 0 Å². The first-order chi connectivity index (χ1) is 6.37. The van der Waals surface area contributed by atoms with Crippen molar-refractivity contribution in [3.63, 3.8) is 0 Å². The summed E-state index contributed by atoms with van der Waals surface area (Å²) in [6.07, 6.45) is 0. The van der Waals surface area contributed by atoms with E-state index in [-0.39, 0.29) is 14.8 Å². The van der Waals surface area contributed by atoms with Crippen LogP contribution in [0.3, 0.4) is 0 Å². The van der Waals surface area contributed by atoms with Gasteiger partial charge in [0.15, 0.2) is 4.64 Å². The van der Waals surface area contributed by atoms with E-state index in [1.54, 1.807) is 0 Å². The van der Waals surface area contributed by atoms with Crippen molar-refractivity contribution in [2.75, 3.05) is 0 Å². The summed E-state index contributed by atoms with van der Waals surface area (Å²) in [6, 6.07) is 0. The normalized spacial score (nSPS) is 10.3. The number of hydrogen-bond acceptors (Lipinski definition) is 3. The second-order valence-electron chi connectivity index (χ2n) is 2.07. The predicted molar refractivity (Wildman–Crippen MR) is 55.4 cm³/mol. The molecule has 1 rings (SSSR count). The van der Waals surface area contributed by atoms with Crippen LogP contribution >= 0.6 is 46.4 Å². The van der Waals surface area contributed by atoms with Crippen molar-refractivity contribution < 1.29 is 8.42 Å². The van der Waals surface area contributed by atoms with E-state index >= 15 is 0 Å². The highest BCUT2D eigenvalue weighted by atomic mass is 35.5. The van der Waals surface area contributed by atoms with E-state index in [4.69, 9.17) is 46.4 Å². The monoisotopic (exact) mass is 294 g/mol. The van der Waals surface area contributed by atoms with Crippen LogP contribution in [-0.2, 0) is 10.3 Å². The summed E-state index contributed by atoms with van der Waals surface area (Å²) in [5.41, 5.74) is 0. The van der Waals surface area contributed by atoms with Crippen molar-refractivity contribution in [1.29, 1.82) is 0 Å². The fourth-order valence-electron chi connectivity index (χ4n) is 0.689. The van der Waals surface area contributed by atoms with Crippen LogP contribution in [0.5, 0.6) is 0 Å². The van der Waals surface area contributed by atoms with E-state index < -0.39 is 25.1 Å². The highest BCUT2D eigenvalue weighted by Crippen LogP contribution is 2.35. The van der Waals surface area contributed by atoms with Crippen LogP contribution in [0.1, 0.15) is 0 Å². The Morgan fingerprint density at radius 2 is 1.50 bits per heavy atom. The van der Waals surface area contributed by atoms with Gasteiger partial charge in [-0.05, 0) is 0 Å². The van der Waals surface area contributed by atoms with Crippen molar-refractivity contribution in [2.24, 2.45) is 0 Å². The number of aromatic nitrogens is 1. The number of nitrogens with zero attached hydrogens (tertiary/aromatic N) is 1. The summed E-state index contributed by atoms with van der Waals surface area (Å²) in [5.74, 6) is 0. The topological polar surface area (TPSA) is 62.1 Å². The molecule has 0 aliphatic carbocycles. The van der Waals surface area contributed by atoms with Gasteiger partial charge in [0.2, 0.25) is 10.3 Å². The number of pyridine rings is 1. The Balaban J connectivity index is 4.10. The van der Waals surface area contributed by atoms with Crippen LogP contribution < -0.4 is 0 Å². The molecule has 78 valence electrons. The van der Waals surface area contributed by atoms with Crippen LogP contribution in [0.15, 0.2) is 0 Å². The zero-order valence-electron chi connectivity index (χ0n) is 6.09. The molecule has 0 radical (unpaired) electrons. The summed E-state index contributed by atoms with van der Waals surface area (Å²) >= 11 is 21.9. The second kappa shape index (κ2) is 4.20. The standard InChI is InChI=1S/C5Cl4NO3S/c6-1-2(7)4(9)10(11)5(3(1)8)14(12)13/q-1. The Bertz CT molecular complexity index is 521. The number of hydrogen-bond donors (Lipinski definition) is 0. The predicted octanol–water partition coefficient (Wildman–Crippen LogP) is 2.86. The van der Waals surface area contributed by atoms with Crippen LogP contribution in [-0.4, -0.2) is 13.1 Å². The Kier molecular flexibility index (Phi) is 3.60. The minimum absolute atomic E-state index is 0.110. The third-order valence-electron chi connectivity index (χ3n) is 1.27. The Hall–Kier alpha value is -0.0700. The maximum Gasteiger partial charge on any atom is 0.239 e. The SMILES string of the molecule is O=S(=O)=c1c(Cl)c(Cl)c(Cl)c(Cl)n1[O-]. The quantitative estimate of drug-likeness (QED) is 0.546. The van der Waals surface area contributed by atoms with Crippen molar-refractivity contribution in [3.8, 4) is 0 Å². The molecule has 1 aromatic rings. The highest BCUT2D eigenvalue weighted by molar-refractivity contribution is 7.63. The Morgan fingerprint density at radius 3 is 1.93 bits per heavy atom. The summed E-state index contributed by atoms with van der Waals surface area (Å²) in [6.45, 7) is 0. The Labute approximate surface area is 99.7 Å². The fraction of sp³-hybridized carbons (Fsp3) is 0. The molecule has 0 fully saturated rings. The summed E-state index contributed by atoms with van der Waals surface area (Å²) in [7, 11) is -2.84.